The van der Waals surface area contributed by atoms with Crippen LogP contribution in [0.1, 0.15) is 5.56 Å². The summed E-state index contributed by atoms with van der Waals surface area (Å²) in [4.78, 5) is 5.97. The third-order valence-corrected chi connectivity index (χ3v) is 4.20. The van der Waals surface area contributed by atoms with Gasteiger partial charge in [-0.2, -0.15) is 4.73 Å². The van der Waals surface area contributed by atoms with Crippen molar-refractivity contribution in [3.8, 4) is 22.3 Å². The van der Waals surface area contributed by atoms with Crippen LogP contribution in [0.3, 0.4) is 0 Å². The van der Waals surface area contributed by atoms with Gasteiger partial charge in [-0.25, -0.2) is 0 Å². The van der Waals surface area contributed by atoms with Gasteiger partial charge >= 0.3 is 0 Å². The smallest absolute Gasteiger partial charge is 0.140 e. The van der Waals surface area contributed by atoms with Crippen LogP contribution in [0.5, 0.6) is 0 Å². The van der Waals surface area contributed by atoms with Crippen molar-refractivity contribution in [1.82, 2.24) is 4.73 Å². The van der Waals surface area contributed by atoms with Gasteiger partial charge in [0.25, 0.3) is 0 Å². The quantitative estimate of drug-likeness (QED) is 0.476. The molecule has 0 N–H and O–H groups in total. The highest BCUT2D eigenvalue weighted by Crippen LogP contribution is 2.32. The number of hydrogen-bond donors (Lipinski definition) is 0. The lowest BCUT2D eigenvalue weighted by atomic mass is 9.99. The molecule has 0 fully saturated rings. The molecule has 0 radical (unpaired) electrons. The van der Waals surface area contributed by atoms with E-state index in [1.54, 1.807) is 0 Å². The fourth-order valence-corrected chi connectivity index (χ4v) is 2.92. The molecule has 0 spiro atoms. The molecule has 0 aliphatic rings. The van der Waals surface area contributed by atoms with Crippen LogP contribution in [-0.4, -0.2) is 4.73 Å². The van der Waals surface area contributed by atoms with Crippen molar-refractivity contribution in [2.24, 2.45) is 0 Å². The Morgan fingerprint density at radius 1 is 0.560 bits per heavy atom. The molecule has 4 rings (SSSR count). The van der Waals surface area contributed by atoms with Gasteiger partial charge in [0.1, 0.15) is 6.61 Å². The van der Waals surface area contributed by atoms with E-state index in [2.05, 4.69) is 73.1 Å². The van der Waals surface area contributed by atoms with Crippen LogP contribution < -0.4 is 4.84 Å². The molecular formula is C23H19NO. The summed E-state index contributed by atoms with van der Waals surface area (Å²) in [6.07, 6.45) is 4.11. The molecule has 0 atom stereocenters. The van der Waals surface area contributed by atoms with Gasteiger partial charge in [0, 0.05) is 11.1 Å². The van der Waals surface area contributed by atoms with Gasteiger partial charge in [-0.1, -0.05) is 91.0 Å². The Labute approximate surface area is 147 Å². The molecule has 1 heterocycles. The molecule has 0 bridgehead atoms. The first-order chi connectivity index (χ1) is 12.4. The maximum absolute atomic E-state index is 5.97. The summed E-state index contributed by atoms with van der Waals surface area (Å²) in [5, 5.41) is 0. The third kappa shape index (κ3) is 3.48. The number of rotatable bonds is 5. The summed E-state index contributed by atoms with van der Waals surface area (Å²) < 4.78 is 1.82. The van der Waals surface area contributed by atoms with Crippen molar-refractivity contribution in [3.05, 3.63) is 109 Å². The van der Waals surface area contributed by atoms with Crippen LogP contribution >= 0.6 is 0 Å². The Bertz CT molecular complexity index is 871. The predicted molar refractivity (Wildman–Crippen MR) is 102 cm³/mol. The zero-order chi connectivity index (χ0) is 16.9. The minimum absolute atomic E-state index is 0.540. The molecule has 25 heavy (non-hydrogen) atoms. The summed E-state index contributed by atoms with van der Waals surface area (Å²) in [7, 11) is 0. The second-order valence-corrected chi connectivity index (χ2v) is 5.94. The first-order valence-electron chi connectivity index (χ1n) is 8.40. The van der Waals surface area contributed by atoms with Crippen molar-refractivity contribution in [3.63, 3.8) is 0 Å². The van der Waals surface area contributed by atoms with Crippen LogP contribution in [0, 0.1) is 0 Å². The molecule has 2 heteroatoms. The van der Waals surface area contributed by atoms with Crippen LogP contribution in [0.15, 0.2) is 103 Å². The van der Waals surface area contributed by atoms with E-state index in [1.165, 1.54) is 22.3 Å². The van der Waals surface area contributed by atoms with Crippen LogP contribution in [0.2, 0.25) is 0 Å². The molecule has 2 nitrogen and oxygen atoms in total. The molecule has 0 saturated heterocycles. The highest BCUT2D eigenvalue weighted by atomic mass is 16.7. The van der Waals surface area contributed by atoms with Crippen molar-refractivity contribution >= 4 is 0 Å². The molecule has 0 unspecified atom stereocenters. The molecule has 0 aliphatic carbocycles. The normalized spacial score (nSPS) is 10.6. The van der Waals surface area contributed by atoms with Gasteiger partial charge in [0.2, 0.25) is 0 Å². The molecule has 1 aromatic heterocycles. The molecular weight excluding hydrogens is 306 g/mol. The summed E-state index contributed by atoms with van der Waals surface area (Å²) in [6.45, 7) is 0.540. The van der Waals surface area contributed by atoms with Gasteiger partial charge in [-0.15, -0.1) is 0 Å². The highest BCUT2D eigenvalue weighted by Gasteiger charge is 2.11. The summed E-state index contributed by atoms with van der Waals surface area (Å²) in [5.41, 5.74) is 5.85. The average Bonchev–Trinajstić information content (AvgIpc) is 3.13. The fraction of sp³-hybridized carbons (Fsp3) is 0.0435. The minimum Gasteiger partial charge on any atom is -0.410 e. The van der Waals surface area contributed by atoms with E-state index in [-0.39, 0.29) is 0 Å². The Kier molecular flexibility index (Phi) is 4.34. The Morgan fingerprint density at radius 2 is 1.00 bits per heavy atom. The summed E-state index contributed by atoms with van der Waals surface area (Å²) >= 11 is 0. The number of hydrogen-bond acceptors (Lipinski definition) is 1. The van der Waals surface area contributed by atoms with E-state index < -0.39 is 0 Å². The topological polar surface area (TPSA) is 14.2 Å². The number of nitrogens with zero attached hydrogens (tertiary/aromatic N) is 1. The van der Waals surface area contributed by atoms with Crippen molar-refractivity contribution in [2.75, 3.05) is 0 Å². The monoisotopic (exact) mass is 325 g/mol. The Morgan fingerprint density at radius 3 is 1.48 bits per heavy atom. The highest BCUT2D eigenvalue weighted by molar-refractivity contribution is 5.83. The lowest BCUT2D eigenvalue weighted by Crippen LogP contribution is -2.08. The summed E-state index contributed by atoms with van der Waals surface area (Å²) in [6, 6.07) is 31.0. The number of aromatic nitrogens is 1. The van der Waals surface area contributed by atoms with E-state index in [0.29, 0.717) is 6.61 Å². The molecule has 0 saturated carbocycles. The van der Waals surface area contributed by atoms with E-state index in [1.807, 2.05) is 35.1 Å². The molecule has 0 aliphatic heterocycles. The number of benzene rings is 3. The SMILES string of the molecule is c1ccc(COn2cc(-c3ccccc3)c(-c3ccccc3)c2)cc1. The average molecular weight is 325 g/mol. The standard InChI is InChI=1S/C23H19NO/c1-4-10-19(11-5-1)18-25-24-16-22(20-12-6-2-7-13-20)23(17-24)21-14-8-3-9-15-21/h1-17H,18H2. The Hall–Kier alpha value is -3.26. The lowest BCUT2D eigenvalue weighted by molar-refractivity contribution is 0.0984. The van der Waals surface area contributed by atoms with E-state index in [9.17, 15) is 0 Å². The van der Waals surface area contributed by atoms with E-state index in [0.717, 1.165) is 5.56 Å². The predicted octanol–water partition coefficient (Wildman–Crippen LogP) is 5.45. The maximum atomic E-state index is 5.97. The first-order valence-corrected chi connectivity index (χ1v) is 8.40. The van der Waals surface area contributed by atoms with Crippen molar-refractivity contribution in [1.29, 1.82) is 0 Å². The zero-order valence-corrected chi connectivity index (χ0v) is 13.9. The maximum Gasteiger partial charge on any atom is 0.140 e. The molecule has 3 aromatic carbocycles. The van der Waals surface area contributed by atoms with Crippen molar-refractivity contribution < 1.29 is 4.84 Å². The van der Waals surface area contributed by atoms with Gasteiger partial charge in [0.15, 0.2) is 0 Å². The second kappa shape index (κ2) is 7.10. The molecule has 4 aromatic rings. The molecule has 0 amide bonds. The molecule has 122 valence electrons. The van der Waals surface area contributed by atoms with Gasteiger partial charge in [-0.3, -0.25) is 0 Å². The summed E-state index contributed by atoms with van der Waals surface area (Å²) in [5.74, 6) is 0. The largest absolute Gasteiger partial charge is 0.410 e. The zero-order valence-electron chi connectivity index (χ0n) is 13.9. The van der Waals surface area contributed by atoms with Gasteiger partial charge in [0.05, 0.1) is 12.4 Å². The lowest BCUT2D eigenvalue weighted by Gasteiger charge is -2.06. The third-order valence-electron chi connectivity index (χ3n) is 4.20. The fourth-order valence-electron chi connectivity index (χ4n) is 2.92. The van der Waals surface area contributed by atoms with Gasteiger partial charge in [-0.05, 0) is 16.7 Å². The second-order valence-electron chi connectivity index (χ2n) is 5.94. The van der Waals surface area contributed by atoms with E-state index in [4.69, 9.17) is 4.84 Å². The van der Waals surface area contributed by atoms with Gasteiger partial charge < -0.3 is 4.84 Å². The van der Waals surface area contributed by atoms with Crippen LogP contribution in [0.25, 0.3) is 22.3 Å². The van der Waals surface area contributed by atoms with E-state index >= 15 is 0 Å². The Balaban J connectivity index is 1.68. The van der Waals surface area contributed by atoms with Crippen LogP contribution in [-0.2, 0) is 6.61 Å². The van der Waals surface area contributed by atoms with Crippen LogP contribution in [0.4, 0.5) is 0 Å². The van der Waals surface area contributed by atoms with Crippen molar-refractivity contribution in [2.45, 2.75) is 6.61 Å². The first kappa shape index (κ1) is 15.3. The minimum atomic E-state index is 0.540.